The molecule has 0 bridgehead atoms. The molecule has 1 heterocycles. The summed E-state index contributed by atoms with van der Waals surface area (Å²) in [6, 6.07) is 21.1. The molecule has 4 rings (SSSR count). The van der Waals surface area contributed by atoms with Crippen LogP contribution in [0.25, 0.3) is 11.0 Å². The number of amides is 2. The number of furan rings is 1. The Bertz CT molecular complexity index is 1310. The molecule has 160 valence electrons. The van der Waals surface area contributed by atoms with E-state index in [-0.39, 0.29) is 16.8 Å². The molecular weight excluding hydrogens is 561 g/mol. The summed E-state index contributed by atoms with van der Waals surface area (Å²) in [6.45, 7) is 0. The number of rotatable bonds is 4. The number of fused-ring (bicyclic) bond motifs is 1. The second-order valence-electron chi connectivity index (χ2n) is 6.71. The third-order valence-electron chi connectivity index (χ3n) is 4.45. The van der Waals surface area contributed by atoms with Gasteiger partial charge < -0.3 is 15.1 Å². The van der Waals surface area contributed by atoms with Gasteiger partial charge in [0.15, 0.2) is 10.9 Å². The molecule has 3 aromatic carbocycles. The minimum atomic E-state index is -0.402. The van der Waals surface area contributed by atoms with Gasteiger partial charge in [-0.2, -0.15) is 0 Å². The Kier molecular flexibility index (Phi) is 6.73. The molecular formula is C23H15ClIN3O3S. The van der Waals surface area contributed by atoms with Crippen LogP contribution in [0.15, 0.2) is 77.2 Å². The van der Waals surface area contributed by atoms with E-state index in [2.05, 4.69) is 38.5 Å². The zero-order valence-corrected chi connectivity index (χ0v) is 20.0. The molecule has 0 unspecified atom stereocenters. The number of halogens is 2. The third-order valence-corrected chi connectivity index (χ3v) is 5.65. The van der Waals surface area contributed by atoms with E-state index >= 15 is 0 Å². The largest absolute Gasteiger partial charge is 0.451 e. The summed E-state index contributed by atoms with van der Waals surface area (Å²) >= 11 is 13.4. The van der Waals surface area contributed by atoms with E-state index in [4.69, 9.17) is 28.2 Å². The maximum atomic E-state index is 12.5. The van der Waals surface area contributed by atoms with Gasteiger partial charge in [0.1, 0.15) is 5.58 Å². The van der Waals surface area contributed by atoms with Gasteiger partial charge in [-0.3, -0.25) is 14.9 Å². The van der Waals surface area contributed by atoms with Gasteiger partial charge in [0.2, 0.25) is 0 Å². The first-order valence-electron chi connectivity index (χ1n) is 9.36. The van der Waals surface area contributed by atoms with Crippen LogP contribution in [-0.2, 0) is 0 Å². The van der Waals surface area contributed by atoms with E-state index in [1.807, 2.05) is 24.3 Å². The van der Waals surface area contributed by atoms with Crippen molar-refractivity contribution in [1.82, 2.24) is 5.32 Å². The van der Waals surface area contributed by atoms with Gasteiger partial charge in [-0.05, 0) is 89.4 Å². The summed E-state index contributed by atoms with van der Waals surface area (Å²) in [7, 11) is 0. The van der Waals surface area contributed by atoms with E-state index < -0.39 is 5.91 Å². The first-order valence-corrected chi connectivity index (χ1v) is 11.2. The first kappa shape index (κ1) is 22.3. The summed E-state index contributed by atoms with van der Waals surface area (Å²) in [5, 5.41) is 9.65. The van der Waals surface area contributed by atoms with E-state index in [1.165, 1.54) is 0 Å². The molecule has 0 saturated heterocycles. The lowest BCUT2D eigenvalue weighted by Gasteiger charge is -2.11. The number of carbonyl (C=O) groups is 2. The Morgan fingerprint density at radius 1 is 0.875 bits per heavy atom. The number of hydrogen-bond donors (Lipinski definition) is 3. The second-order valence-corrected chi connectivity index (χ2v) is 8.77. The standard InChI is InChI=1S/C23H15ClIN3O3S/c24-18-10-5-14(25)12-17(18)21(29)28-23(32)27-16-8-6-15(7-9-16)26-22(30)20-11-13-3-1-2-4-19(13)31-20/h1-12H,(H,26,30)(H2,27,28,29,32). The van der Waals surface area contributed by atoms with E-state index in [0.29, 0.717) is 27.5 Å². The van der Waals surface area contributed by atoms with Gasteiger partial charge >= 0.3 is 0 Å². The van der Waals surface area contributed by atoms with Crippen LogP contribution >= 0.6 is 46.4 Å². The lowest BCUT2D eigenvalue weighted by atomic mass is 10.2. The fourth-order valence-corrected chi connectivity index (χ4v) is 3.83. The summed E-state index contributed by atoms with van der Waals surface area (Å²) in [4.78, 5) is 24.9. The van der Waals surface area contributed by atoms with Crippen molar-refractivity contribution in [3.05, 3.63) is 92.7 Å². The highest BCUT2D eigenvalue weighted by Gasteiger charge is 2.14. The minimum absolute atomic E-state index is 0.129. The quantitative estimate of drug-likeness (QED) is 0.203. The average Bonchev–Trinajstić information content (AvgIpc) is 3.21. The molecule has 2 amide bonds. The summed E-state index contributed by atoms with van der Waals surface area (Å²) in [5.74, 6) is -0.522. The van der Waals surface area contributed by atoms with Crippen LogP contribution in [-0.4, -0.2) is 16.9 Å². The van der Waals surface area contributed by atoms with Gasteiger partial charge in [0, 0.05) is 20.3 Å². The Morgan fingerprint density at radius 2 is 1.56 bits per heavy atom. The number of hydrogen-bond acceptors (Lipinski definition) is 4. The third kappa shape index (κ3) is 5.26. The Morgan fingerprint density at radius 3 is 2.28 bits per heavy atom. The molecule has 0 atom stereocenters. The maximum Gasteiger partial charge on any atom is 0.291 e. The average molecular weight is 576 g/mol. The fourth-order valence-electron chi connectivity index (χ4n) is 2.93. The van der Waals surface area contributed by atoms with Gasteiger partial charge in [-0.1, -0.05) is 29.8 Å². The topological polar surface area (TPSA) is 83.4 Å². The van der Waals surface area contributed by atoms with E-state index in [0.717, 1.165) is 8.96 Å². The lowest BCUT2D eigenvalue weighted by molar-refractivity contribution is 0.0975. The van der Waals surface area contributed by atoms with Crippen molar-refractivity contribution in [2.45, 2.75) is 0 Å². The number of thiocarbonyl (C=S) groups is 1. The Hall–Kier alpha value is -2.95. The molecule has 1 aromatic heterocycles. The zero-order valence-electron chi connectivity index (χ0n) is 16.3. The van der Waals surface area contributed by atoms with Crippen LogP contribution in [0.4, 0.5) is 11.4 Å². The molecule has 0 saturated carbocycles. The highest BCUT2D eigenvalue weighted by molar-refractivity contribution is 14.1. The predicted octanol–water partition coefficient (Wildman–Crippen LogP) is 6.07. The van der Waals surface area contributed by atoms with Gasteiger partial charge in [-0.15, -0.1) is 0 Å². The van der Waals surface area contributed by atoms with Crippen molar-refractivity contribution in [2.75, 3.05) is 10.6 Å². The highest BCUT2D eigenvalue weighted by atomic mass is 127. The Labute approximate surface area is 207 Å². The van der Waals surface area contributed by atoms with Crippen molar-refractivity contribution in [2.24, 2.45) is 0 Å². The smallest absolute Gasteiger partial charge is 0.291 e. The molecule has 0 aliphatic carbocycles. The van der Waals surface area contributed by atoms with Crippen LogP contribution in [0, 0.1) is 3.57 Å². The molecule has 6 nitrogen and oxygen atoms in total. The molecule has 0 aliphatic heterocycles. The zero-order chi connectivity index (χ0) is 22.7. The predicted molar refractivity (Wildman–Crippen MR) is 138 cm³/mol. The lowest BCUT2D eigenvalue weighted by Crippen LogP contribution is -2.34. The number of carbonyl (C=O) groups excluding carboxylic acids is 2. The van der Waals surface area contributed by atoms with Crippen molar-refractivity contribution < 1.29 is 14.0 Å². The molecule has 0 fully saturated rings. The normalized spacial score (nSPS) is 10.6. The van der Waals surface area contributed by atoms with Crippen molar-refractivity contribution in [1.29, 1.82) is 0 Å². The minimum Gasteiger partial charge on any atom is -0.451 e. The fraction of sp³-hybridized carbons (Fsp3) is 0. The summed E-state index contributed by atoms with van der Waals surface area (Å²) in [6.07, 6.45) is 0. The van der Waals surface area contributed by atoms with Crippen molar-refractivity contribution >= 4 is 85.7 Å². The van der Waals surface area contributed by atoms with Crippen LogP contribution in [0.5, 0.6) is 0 Å². The maximum absolute atomic E-state index is 12.5. The molecule has 0 aliphatic rings. The molecule has 9 heteroatoms. The van der Waals surface area contributed by atoms with Crippen LogP contribution in [0.2, 0.25) is 5.02 Å². The molecule has 0 spiro atoms. The Balaban J connectivity index is 1.36. The van der Waals surface area contributed by atoms with Gasteiger partial charge in [0.25, 0.3) is 11.8 Å². The monoisotopic (exact) mass is 575 g/mol. The van der Waals surface area contributed by atoms with E-state index in [9.17, 15) is 9.59 Å². The second kappa shape index (κ2) is 9.68. The summed E-state index contributed by atoms with van der Waals surface area (Å²) < 4.78 is 6.46. The number of nitrogens with one attached hydrogen (secondary N) is 3. The van der Waals surface area contributed by atoms with Crippen LogP contribution < -0.4 is 16.0 Å². The molecule has 32 heavy (non-hydrogen) atoms. The van der Waals surface area contributed by atoms with Gasteiger partial charge in [0.05, 0.1) is 10.6 Å². The van der Waals surface area contributed by atoms with Crippen molar-refractivity contribution in [3.8, 4) is 0 Å². The molecule has 4 aromatic rings. The first-order chi connectivity index (χ1) is 15.4. The molecule has 0 radical (unpaired) electrons. The van der Waals surface area contributed by atoms with Gasteiger partial charge in [-0.25, -0.2) is 0 Å². The van der Waals surface area contributed by atoms with Crippen LogP contribution in [0.3, 0.4) is 0 Å². The summed E-state index contributed by atoms with van der Waals surface area (Å²) in [5.41, 5.74) is 2.22. The van der Waals surface area contributed by atoms with E-state index in [1.54, 1.807) is 48.5 Å². The number of para-hydroxylation sites is 1. The van der Waals surface area contributed by atoms with Crippen LogP contribution in [0.1, 0.15) is 20.9 Å². The molecule has 3 N–H and O–H groups in total. The van der Waals surface area contributed by atoms with Crippen molar-refractivity contribution in [3.63, 3.8) is 0 Å². The number of anilines is 2. The number of benzene rings is 3. The highest BCUT2D eigenvalue weighted by Crippen LogP contribution is 2.21. The SMILES string of the molecule is O=C(Nc1ccc(NC(=S)NC(=O)c2cc(I)ccc2Cl)cc1)c1cc2ccccc2o1.